The van der Waals surface area contributed by atoms with Gasteiger partial charge in [-0.05, 0) is 12.1 Å². The molecule has 0 radical (unpaired) electrons. The van der Waals surface area contributed by atoms with Gasteiger partial charge in [0.25, 0.3) is 0 Å². The van der Waals surface area contributed by atoms with Crippen LogP contribution in [0.1, 0.15) is 34.3 Å². The van der Waals surface area contributed by atoms with Crippen molar-refractivity contribution in [1.29, 1.82) is 0 Å². The van der Waals surface area contributed by atoms with Crippen molar-refractivity contribution in [2.24, 2.45) is 0 Å². The second-order valence-corrected chi connectivity index (χ2v) is 8.35. The fourth-order valence-corrected chi connectivity index (χ4v) is 4.67. The molecule has 5 heteroatoms. The van der Waals surface area contributed by atoms with Crippen LogP contribution in [-0.2, 0) is 13.1 Å². The lowest BCUT2D eigenvalue weighted by Crippen LogP contribution is -3.00. The Morgan fingerprint density at radius 2 is 1.12 bits per heavy atom. The van der Waals surface area contributed by atoms with Crippen LogP contribution in [0.15, 0.2) is 109 Å². The molecule has 2 nitrogen and oxygen atoms in total. The Morgan fingerprint density at radius 1 is 0.618 bits per heavy atom. The zero-order valence-electron chi connectivity index (χ0n) is 18.6. The topological polar surface area (TPSA) is 6.25 Å². The van der Waals surface area contributed by atoms with E-state index >= 15 is 0 Å². The summed E-state index contributed by atoms with van der Waals surface area (Å²) >= 11 is 0. The molecule has 172 valence electrons. The first-order valence-electron chi connectivity index (χ1n) is 11.1. The molecule has 0 saturated heterocycles. The van der Waals surface area contributed by atoms with Gasteiger partial charge in [-0.3, -0.25) is 9.48 Å². The molecule has 0 fully saturated rings. The van der Waals surface area contributed by atoms with Gasteiger partial charge in [0.1, 0.15) is 24.7 Å². The monoisotopic (exact) mass is 474 g/mol. The minimum absolute atomic E-state index is 0. The number of hydrogen-bond acceptors (Lipinski definition) is 1. The summed E-state index contributed by atoms with van der Waals surface area (Å²) in [5.41, 5.74) is 3.54. The highest BCUT2D eigenvalue weighted by Gasteiger charge is 2.44. The highest BCUT2D eigenvalue weighted by molar-refractivity contribution is 5.55. The van der Waals surface area contributed by atoms with Gasteiger partial charge in [-0.15, -0.1) is 0 Å². The van der Waals surface area contributed by atoms with Crippen LogP contribution in [0.3, 0.4) is 0 Å². The Bertz CT molecular complexity index is 1260. The predicted octanol–water partition coefficient (Wildman–Crippen LogP) is 3.51. The Kier molecular flexibility index (Phi) is 7.39. The first-order chi connectivity index (χ1) is 16.2. The minimum Gasteiger partial charge on any atom is -1.00 e. The lowest BCUT2D eigenvalue weighted by atomic mass is 9.92. The third-order valence-electron chi connectivity index (χ3n) is 6.21. The van der Waals surface area contributed by atoms with E-state index in [-0.39, 0.29) is 36.1 Å². The van der Waals surface area contributed by atoms with Gasteiger partial charge in [0.2, 0.25) is 6.34 Å². The highest BCUT2D eigenvalue weighted by Crippen LogP contribution is 2.41. The van der Waals surface area contributed by atoms with Gasteiger partial charge in [0.05, 0.1) is 0 Å². The van der Waals surface area contributed by atoms with Gasteiger partial charge in [0, 0.05) is 22.3 Å². The summed E-state index contributed by atoms with van der Waals surface area (Å²) in [5, 5.41) is 0. The van der Waals surface area contributed by atoms with Crippen molar-refractivity contribution in [1.82, 2.24) is 4.90 Å². The zero-order chi connectivity index (χ0) is 22.6. The molecule has 0 aromatic heterocycles. The molecule has 1 aliphatic heterocycles. The third kappa shape index (κ3) is 4.87. The molecule has 4 aromatic carbocycles. The fourth-order valence-electron chi connectivity index (χ4n) is 4.67. The Hall–Kier alpha value is -3.50. The van der Waals surface area contributed by atoms with Crippen molar-refractivity contribution < 1.29 is 25.8 Å². The average molecular weight is 475 g/mol. The summed E-state index contributed by atoms with van der Waals surface area (Å²) in [7, 11) is 0. The third-order valence-corrected chi connectivity index (χ3v) is 6.21. The maximum Gasteiger partial charge on any atom is 0.236 e. The summed E-state index contributed by atoms with van der Waals surface area (Å²) in [4.78, 5) is 2.17. The van der Waals surface area contributed by atoms with Crippen LogP contribution >= 0.6 is 0 Å². The molecule has 0 amide bonds. The average Bonchev–Trinajstić information content (AvgIpc) is 3.20. The van der Waals surface area contributed by atoms with E-state index in [1.807, 2.05) is 67.0 Å². The number of nitrogens with zero attached hydrogens (tertiary/aromatic N) is 2. The van der Waals surface area contributed by atoms with E-state index in [0.717, 1.165) is 11.1 Å². The standard InChI is InChI=1S/C29H25F2N2.ClH/c30-26-17-9-7-15-24(26)19-32-21-33(20-25-16-8-10-18-27(25)31)29(23-13-5-2-6-14-23)28(32)22-11-3-1-4-12-22;/h1-18,21,28-29H,19-20H2;1H/q+1;/p-1/t28-,29-;/m1./s1. The van der Waals surface area contributed by atoms with Gasteiger partial charge in [-0.25, -0.2) is 8.78 Å². The van der Waals surface area contributed by atoms with Crippen LogP contribution in [-0.4, -0.2) is 15.8 Å². The van der Waals surface area contributed by atoms with Crippen LogP contribution in [0, 0.1) is 11.6 Å². The predicted molar refractivity (Wildman–Crippen MR) is 127 cm³/mol. The van der Waals surface area contributed by atoms with Crippen molar-refractivity contribution in [3.05, 3.63) is 143 Å². The summed E-state index contributed by atoms with van der Waals surface area (Å²) in [6.45, 7) is 0.840. The van der Waals surface area contributed by atoms with Gasteiger partial charge >= 0.3 is 0 Å². The van der Waals surface area contributed by atoms with Crippen LogP contribution in [0.2, 0.25) is 0 Å². The van der Waals surface area contributed by atoms with Crippen molar-refractivity contribution in [3.63, 3.8) is 0 Å². The maximum atomic E-state index is 14.6. The Balaban J connectivity index is 0.00000274. The highest BCUT2D eigenvalue weighted by atomic mass is 35.5. The normalized spacial score (nSPS) is 17.2. The molecular formula is C29H25ClF2N2. The summed E-state index contributed by atoms with van der Waals surface area (Å²) in [5.74, 6) is -0.442. The Morgan fingerprint density at radius 3 is 1.71 bits per heavy atom. The van der Waals surface area contributed by atoms with Crippen LogP contribution in [0.5, 0.6) is 0 Å². The van der Waals surface area contributed by atoms with Crippen molar-refractivity contribution in [2.45, 2.75) is 25.2 Å². The largest absolute Gasteiger partial charge is 1.00 e. The van der Waals surface area contributed by atoms with Crippen LogP contribution in [0.4, 0.5) is 8.78 Å². The molecular weight excluding hydrogens is 450 g/mol. The first-order valence-corrected chi connectivity index (χ1v) is 11.1. The van der Waals surface area contributed by atoms with Gasteiger partial charge in [-0.1, -0.05) is 97.1 Å². The molecule has 5 rings (SSSR count). The van der Waals surface area contributed by atoms with Crippen molar-refractivity contribution >= 4 is 6.34 Å². The molecule has 0 N–H and O–H groups in total. The van der Waals surface area contributed by atoms with Gasteiger partial charge in [-0.2, -0.15) is 0 Å². The molecule has 4 aromatic rings. The van der Waals surface area contributed by atoms with E-state index in [1.54, 1.807) is 12.1 Å². The van der Waals surface area contributed by atoms with Gasteiger partial charge in [0.15, 0.2) is 12.1 Å². The summed E-state index contributed by atoms with van der Waals surface area (Å²) in [6, 6.07) is 34.2. The first kappa shape index (κ1) is 23.7. The molecule has 1 heterocycles. The molecule has 0 unspecified atom stereocenters. The van der Waals surface area contributed by atoms with Crippen molar-refractivity contribution in [2.75, 3.05) is 0 Å². The molecule has 0 spiro atoms. The van der Waals surface area contributed by atoms with E-state index in [1.165, 1.54) is 12.1 Å². The smallest absolute Gasteiger partial charge is 0.236 e. The number of halogens is 3. The Labute approximate surface area is 205 Å². The van der Waals surface area contributed by atoms with Crippen LogP contribution in [0.25, 0.3) is 0 Å². The fraction of sp³-hybridized carbons (Fsp3) is 0.138. The number of benzene rings is 4. The lowest BCUT2D eigenvalue weighted by Gasteiger charge is -2.24. The second-order valence-electron chi connectivity index (χ2n) is 8.35. The molecule has 0 bridgehead atoms. The lowest BCUT2D eigenvalue weighted by molar-refractivity contribution is -0.579. The summed E-state index contributed by atoms with van der Waals surface area (Å²) < 4.78 is 31.3. The van der Waals surface area contributed by atoms with E-state index in [9.17, 15) is 8.78 Å². The minimum atomic E-state index is -0.221. The van der Waals surface area contributed by atoms with Gasteiger partial charge < -0.3 is 12.4 Å². The number of rotatable bonds is 6. The molecule has 1 aliphatic rings. The van der Waals surface area contributed by atoms with E-state index < -0.39 is 0 Å². The molecule has 0 aliphatic carbocycles. The quantitative estimate of drug-likeness (QED) is 0.388. The summed E-state index contributed by atoms with van der Waals surface area (Å²) in [6.07, 6.45) is 2.04. The SMILES string of the molecule is Fc1ccccc1CN1C=[N+](Cc2ccccc2F)[C@H](c2ccccc2)[C@H]1c1ccccc1.[Cl-]. The van der Waals surface area contributed by atoms with E-state index in [4.69, 9.17) is 0 Å². The van der Waals surface area contributed by atoms with E-state index in [0.29, 0.717) is 24.2 Å². The molecule has 34 heavy (non-hydrogen) atoms. The van der Waals surface area contributed by atoms with Crippen molar-refractivity contribution in [3.8, 4) is 0 Å². The molecule has 2 atom stereocenters. The number of hydrogen-bond donors (Lipinski definition) is 0. The van der Waals surface area contributed by atoms with Crippen LogP contribution < -0.4 is 12.4 Å². The molecule has 0 saturated carbocycles. The van der Waals surface area contributed by atoms with E-state index in [2.05, 4.69) is 33.7 Å². The maximum absolute atomic E-state index is 14.6. The second kappa shape index (κ2) is 10.6. The zero-order valence-corrected chi connectivity index (χ0v) is 19.3.